The van der Waals surface area contributed by atoms with Crippen molar-refractivity contribution in [1.29, 1.82) is 0 Å². The minimum Gasteiger partial charge on any atom is -0.477 e. The Hall–Kier alpha value is -3.94. The predicted octanol–water partition coefficient (Wildman–Crippen LogP) is 10.0. The van der Waals surface area contributed by atoms with Gasteiger partial charge in [0.25, 0.3) is 5.91 Å². The van der Waals surface area contributed by atoms with Crippen LogP contribution in [0.15, 0.2) is 83.8 Å². The van der Waals surface area contributed by atoms with Crippen LogP contribution in [0.3, 0.4) is 0 Å². The number of anilines is 4. The maximum Gasteiger partial charge on any atom is 0.352 e. The molecule has 6 heterocycles. The van der Waals surface area contributed by atoms with E-state index in [4.69, 9.17) is 10.7 Å². The van der Waals surface area contributed by atoms with E-state index in [2.05, 4.69) is 70.7 Å². The lowest BCUT2D eigenvalue weighted by atomic mass is 10.1. The second-order valence-corrected chi connectivity index (χ2v) is 18.4. The van der Waals surface area contributed by atoms with E-state index in [1.807, 2.05) is 90.8 Å². The van der Waals surface area contributed by atoms with Gasteiger partial charge in [0, 0.05) is 67.8 Å². The topological polar surface area (TPSA) is 135 Å². The van der Waals surface area contributed by atoms with Crippen LogP contribution >= 0.6 is 67.9 Å². The lowest BCUT2D eigenvalue weighted by Gasteiger charge is -2.25. The van der Waals surface area contributed by atoms with Crippen molar-refractivity contribution >= 4 is 101 Å². The minimum absolute atomic E-state index is 0.0965. The van der Waals surface area contributed by atoms with Crippen LogP contribution in [0.4, 0.5) is 21.6 Å². The van der Waals surface area contributed by atoms with Crippen molar-refractivity contribution in [1.82, 2.24) is 19.1 Å². The van der Waals surface area contributed by atoms with E-state index in [0.717, 1.165) is 73.9 Å². The number of hydrogen-bond acceptors (Lipinski definition) is 9. The number of benzene rings is 2. The van der Waals surface area contributed by atoms with Gasteiger partial charge >= 0.3 is 5.97 Å². The Morgan fingerprint density at radius 1 is 0.702 bits per heavy atom. The maximum absolute atomic E-state index is 12.8. The summed E-state index contributed by atoms with van der Waals surface area (Å²) in [4.78, 5) is 38.2. The van der Waals surface area contributed by atoms with Crippen LogP contribution in [-0.2, 0) is 13.1 Å². The third-order valence-corrected chi connectivity index (χ3v) is 12.8. The summed E-state index contributed by atoms with van der Waals surface area (Å²) in [6.45, 7) is 9.39. The number of nitrogens with zero attached hydrogens (tertiary/aromatic N) is 6. The first kappa shape index (κ1) is 42.7. The van der Waals surface area contributed by atoms with Crippen LogP contribution in [0.1, 0.15) is 82.0 Å². The number of halogens is 2. The van der Waals surface area contributed by atoms with Gasteiger partial charge in [-0.2, -0.15) is 0 Å². The second kappa shape index (κ2) is 20.7. The number of nitrogens with two attached hydrogens (primary N) is 1. The van der Waals surface area contributed by atoms with Gasteiger partial charge in [0.1, 0.15) is 11.4 Å². The average molecular weight is 1030 g/mol. The molecular weight excluding hydrogens is 982 g/mol. The molecule has 11 nitrogen and oxygen atoms in total. The first-order chi connectivity index (χ1) is 27.5. The number of aromatic nitrogens is 4. The third kappa shape index (κ3) is 12.5. The Morgan fingerprint density at radius 3 is 1.60 bits per heavy atom. The van der Waals surface area contributed by atoms with Crippen LogP contribution in [0.25, 0.3) is 0 Å². The highest BCUT2D eigenvalue weighted by Crippen LogP contribution is 2.26. The number of carbonyl (C=O) groups excluding carboxylic acids is 1. The smallest absolute Gasteiger partial charge is 0.352 e. The molecule has 57 heavy (non-hydrogen) atoms. The molecule has 0 radical (unpaired) electrons. The zero-order valence-corrected chi connectivity index (χ0v) is 38.1. The molecule has 2 fully saturated rings. The summed E-state index contributed by atoms with van der Waals surface area (Å²) >= 11 is 7.85. The van der Waals surface area contributed by atoms with Gasteiger partial charge in [0.2, 0.25) is 0 Å². The first-order valence-corrected chi connectivity index (χ1v) is 23.0. The van der Waals surface area contributed by atoms with E-state index in [-0.39, 0.29) is 5.91 Å². The number of nitrogens with one attached hydrogen (secondary N) is 1. The third-order valence-electron chi connectivity index (χ3n) is 9.49. The lowest BCUT2D eigenvalue weighted by molar-refractivity contribution is 0.0685. The molecule has 15 heteroatoms. The fraction of sp³-hybridized carbons (Fsp3) is 0.333. The minimum atomic E-state index is -0.894. The summed E-state index contributed by atoms with van der Waals surface area (Å²) in [6, 6.07) is 19.2. The van der Waals surface area contributed by atoms with E-state index < -0.39 is 5.97 Å². The summed E-state index contributed by atoms with van der Waals surface area (Å²) in [5, 5.41) is 18.5. The SMILES string of the molecule is Cc1cc(C(=O)Nc2ccc(I)cc2)n(Cc2csc(N3CCCCC3)n2)c1.Cc1cc(C(=O)O)n(Cc2csc(N3CCCCC3)n2)c1.Nc1ccc(I)cc1. The van der Waals surface area contributed by atoms with E-state index in [9.17, 15) is 14.7 Å². The number of thiazole rings is 2. The number of nitrogen functional groups attached to an aromatic ring is 1. The number of carboxylic acid groups (broad SMARTS) is 1. The van der Waals surface area contributed by atoms with E-state index >= 15 is 0 Å². The summed E-state index contributed by atoms with van der Waals surface area (Å²) in [7, 11) is 0. The molecule has 0 bridgehead atoms. The summed E-state index contributed by atoms with van der Waals surface area (Å²) < 4.78 is 6.11. The Labute approximate surface area is 369 Å². The standard InChI is InChI=1S/C21H23IN4OS.C15H19N3O2S.C6H6IN/c1-15-11-19(20(27)23-17-7-5-16(22)6-8-17)26(12-15)13-18-14-28-21(24-18)25-9-3-2-4-10-25;1-11-7-13(14(19)20)18(8-11)9-12-10-21-15(16-12)17-5-3-2-4-6-17;7-5-1-3-6(8)4-2-5/h5-8,11-12,14H,2-4,9-10,13H2,1H3,(H,23,27);7-8,10H,2-6,9H2,1H3,(H,19,20);1-4H,8H2. The van der Waals surface area contributed by atoms with Crippen molar-refractivity contribution in [2.24, 2.45) is 0 Å². The molecule has 0 aliphatic carbocycles. The van der Waals surface area contributed by atoms with Crippen LogP contribution in [-0.4, -0.2) is 62.3 Å². The zero-order valence-electron chi connectivity index (χ0n) is 32.2. The number of carboxylic acids is 1. The van der Waals surface area contributed by atoms with Gasteiger partial charge in [-0.25, -0.2) is 14.8 Å². The van der Waals surface area contributed by atoms with Crippen LogP contribution in [0.2, 0.25) is 0 Å². The summed E-state index contributed by atoms with van der Waals surface area (Å²) in [5.41, 5.74) is 12.0. The number of aromatic carboxylic acids is 1. The molecular formula is C42H48I2N8O3S2. The fourth-order valence-electron chi connectivity index (χ4n) is 6.68. The normalized spacial score (nSPS) is 14.0. The molecule has 4 aromatic heterocycles. The molecule has 1 amide bonds. The predicted molar refractivity (Wildman–Crippen MR) is 251 cm³/mol. The van der Waals surface area contributed by atoms with Gasteiger partial charge in [-0.05, 0) is 169 Å². The van der Waals surface area contributed by atoms with Crippen LogP contribution in [0, 0.1) is 21.0 Å². The Kier molecular flexibility index (Phi) is 15.5. The molecule has 0 atom stereocenters. The van der Waals surface area contributed by atoms with Crippen molar-refractivity contribution in [2.75, 3.05) is 47.0 Å². The van der Waals surface area contributed by atoms with Gasteiger partial charge in [0.05, 0.1) is 24.5 Å². The molecule has 0 spiro atoms. The van der Waals surface area contributed by atoms with Gasteiger partial charge in [-0.15, -0.1) is 22.7 Å². The highest BCUT2D eigenvalue weighted by molar-refractivity contribution is 14.1. The quantitative estimate of drug-likeness (QED) is 0.0963. The van der Waals surface area contributed by atoms with Crippen molar-refractivity contribution in [2.45, 2.75) is 65.5 Å². The van der Waals surface area contributed by atoms with Crippen molar-refractivity contribution in [3.8, 4) is 0 Å². The fourth-order valence-corrected chi connectivity index (χ4v) is 9.14. The summed E-state index contributed by atoms with van der Waals surface area (Å²) in [5.74, 6) is -0.990. The molecule has 0 unspecified atom stereocenters. The van der Waals surface area contributed by atoms with Gasteiger partial charge in [0.15, 0.2) is 10.3 Å². The van der Waals surface area contributed by atoms with Crippen molar-refractivity contribution < 1.29 is 14.7 Å². The highest BCUT2D eigenvalue weighted by atomic mass is 127. The van der Waals surface area contributed by atoms with E-state index in [0.29, 0.717) is 24.5 Å². The Balaban J connectivity index is 0.000000166. The van der Waals surface area contributed by atoms with Gasteiger partial charge < -0.3 is 35.1 Å². The molecule has 300 valence electrons. The Morgan fingerprint density at radius 2 is 1.14 bits per heavy atom. The number of carbonyl (C=O) groups is 2. The Bertz CT molecular complexity index is 2200. The monoisotopic (exact) mass is 1030 g/mol. The molecule has 2 aliphatic heterocycles. The summed E-state index contributed by atoms with van der Waals surface area (Å²) in [6.07, 6.45) is 11.5. The van der Waals surface area contributed by atoms with Gasteiger partial charge in [-0.1, -0.05) is 0 Å². The lowest BCUT2D eigenvalue weighted by Crippen LogP contribution is -2.29. The highest BCUT2D eigenvalue weighted by Gasteiger charge is 2.19. The number of piperidine rings is 2. The number of amides is 1. The van der Waals surface area contributed by atoms with E-state index in [1.165, 1.54) is 42.1 Å². The number of rotatable bonds is 9. The van der Waals surface area contributed by atoms with Crippen LogP contribution < -0.4 is 20.9 Å². The maximum atomic E-state index is 12.8. The molecule has 2 saturated heterocycles. The molecule has 4 N–H and O–H groups in total. The average Bonchev–Trinajstić information content (AvgIpc) is 4.03. The largest absolute Gasteiger partial charge is 0.477 e. The molecule has 8 rings (SSSR count). The first-order valence-electron chi connectivity index (χ1n) is 19.0. The number of aryl methyl sites for hydroxylation is 2. The second-order valence-electron chi connectivity index (χ2n) is 14.2. The van der Waals surface area contributed by atoms with Crippen LogP contribution in [0.5, 0.6) is 0 Å². The zero-order chi connectivity index (χ0) is 40.3. The van der Waals surface area contributed by atoms with E-state index in [1.54, 1.807) is 33.3 Å². The molecule has 2 aliphatic rings. The molecule has 2 aromatic carbocycles. The van der Waals surface area contributed by atoms with Gasteiger partial charge in [-0.3, -0.25) is 4.79 Å². The van der Waals surface area contributed by atoms with Crippen molar-refractivity contribution in [3.05, 3.63) is 125 Å². The molecule has 0 saturated carbocycles. The molecule has 6 aromatic rings. The number of hydrogen-bond donors (Lipinski definition) is 3. The van der Waals surface area contributed by atoms with Crippen molar-refractivity contribution in [3.63, 3.8) is 0 Å².